The topological polar surface area (TPSA) is 0 Å². The van der Waals surface area contributed by atoms with Crippen LogP contribution in [-0.2, 0) is 6.42 Å². The summed E-state index contributed by atoms with van der Waals surface area (Å²) in [6.45, 7) is 4.30. The van der Waals surface area contributed by atoms with E-state index in [0.717, 1.165) is 12.0 Å². The first-order chi connectivity index (χ1) is 6.42. The maximum absolute atomic E-state index is 6.36. The quantitative estimate of drug-likeness (QED) is 0.576. The fraction of sp³-hybridized carbons (Fsp3) is 0.455. The molecule has 0 N–H and O–H groups in total. The van der Waals surface area contributed by atoms with Crippen molar-refractivity contribution in [2.45, 2.75) is 25.6 Å². The van der Waals surface area contributed by atoms with Gasteiger partial charge in [0.2, 0.25) is 0 Å². The summed E-state index contributed by atoms with van der Waals surface area (Å²) >= 11 is 18.4. The number of benzene rings is 1. The van der Waals surface area contributed by atoms with Gasteiger partial charge in [-0.15, -0.1) is 11.6 Å². The summed E-state index contributed by atoms with van der Waals surface area (Å²) in [6, 6.07) is 3.73. The molecule has 0 saturated carbocycles. The van der Waals surface area contributed by atoms with Gasteiger partial charge in [-0.2, -0.15) is 0 Å². The highest BCUT2D eigenvalue weighted by Crippen LogP contribution is 2.52. The standard InChI is InChI=1S/C11H11Cl3/c1-11(2)5-6-3-7(12)4-8(13)9(6)10(11)14/h3-4,10H,5H2,1-2H3. The van der Waals surface area contributed by atoms with Crippen molar-refractivity contribution < 1.29 is 0 Å². The zero-order chi connectivity index (χ0) is 10.5. The number of halogens is 3. The summed E-state index contributed by atoms with van der Waals surface area (Å²) in [7, 11) is 0. The van der Waals surface area contributed by atoms with Gasteiger partial charge in [-0.05, 0) is 35.1 Å². The van der Waals surface area contributed by atoms with Crippen LogP contribution in [0.25, 0.3) is 0 Å². The monoisotopic (exact) mass is 248 g/mol. The Labute approximate surface area is 99.2 Å². The van der Waals surface area contributed by atoms with Crippen LogP contribution in [0.15, 0.2) is 12.1 Å². The van der Waals surface area contributed by atoms with Crippen LogP contribution in [0, 0.1) is 5.41 Å². The normalized spacial score (nSPS) is 23.6. The van der Waals surface area contributed by atoms with E-state index < -0.39 is 0 Å². The maximum atomic E-state index is 6.36. The lowest BCUT2D eigenvalue weighted by Gasteiger charge is -2.21. The largest absolute Gasteiger partial charge is 0.117 e. The SMILES string of the molecule is CC1(C)Cc2cc(Cl)cc(Cl)c2C1Cl. The Balaban J connectivity index is 2.59. The second-order valence-corrected chi connectivity index (χ2v) is 5.77. The molecule has 0 saturated heterocycles. The van der Waals surface area contributed by atoms with Gasteiger partial charge in [0.05, 0.1) is 5.38 Å². The zero-order valence-electron chi connectivity index (χ0n) is 8.07. The molecule has 14 heavy (non-hydrogen) atoms. The Morgan fingerprint density at radius 3 is 2.57 bits per heavy atom. The minimum Gasteiger partial charge on any atom is -0.117 e. The van der Waals surface area contributed by atoms with Gasteiger partial charge in [-0.25, -0.2) is 0 Å². The van der Waals surface area contributed by atoms with E-state index >= 15 is 0 Å². The third-order valence-corrected chi connectivity index (χ3v) is 4.11. The third-order valence-electron chi connectivity index (χ3n) is 2.77. The summed E-state index contributed by atoms with van der Waals surface area (Å²) in [5, 5.41) is 1.37. The Morgan fingerprint density at radius 1 is 1.29 bits per heavy atom. The highest BCUT2D eigenvalue weighted by Gasteiger charge is 2.39. The highest BCUT2D eigenvalue weighted by atomic mass is 35.5. The van der Waals surface area contributed by atoms with Crippen LogP contribution in [0.3, 0.4) is 0 Å². The van der Waals surface area contributed by atoms with Gasteiger partial charge in [0.1, 0.15) is 0 Å². The maximum Gasteiger partial charge on any atom is 0.0656 e. The van der Waals surface area contributed by atoms with Crippen LogP contribution in [0.2, 0.25) is 10.0 Å². The molecule has 0 nitrogen and oxygen atoms in total. The van der Waals surface area contributed by atoms with Gasteiger partial charge < -0.3 is 0 Å². The Hall–Kier alpha value is 0.0900. The van der Waals surface area contributed by atoms with E-state index in [2.05, 4.69) is 13.8 Å². The van der Waals surface area contributed by atoms with Crippen molar-refractivity contribution in [2.75, 3.05) is 0 Å². The fourth-order valence-corrected chi connectivity index (χ4v) is 3.07. The number of hydrogen-bond acceptors (Lipinski definition) is 0. The van der Waals surface area contributed by atoms with Gasteiger partial charge in [0, 0.05) is 10.0 Å². The van der Waals surface area contributed by atoms with E-state index in [1.54, 1.807) is 6.07 Å². The van der Waals surface area contributed by atoms with E-state index in [0.29, 0.717) is 10.0 Å². The molecule has 3 heteroatoms. The molecule has 0 heterocycles. The van der Waals surface area contributed by atoms with E-state index in [4.69, 9.17) is 34.8 Å². The summed E-state index contributed by atoms with van der Waals surface area (Å²) in [5.41, 5.74) is 2.31. The molecule has 0 bridgehead atoms. The molecule has 0 radical (unpaired) electrons. The minimum atomic E-state index is -0.0118. The molecule has 1 aromatic carbocycles. The number of alkyl halides is 1. The first-order valence-corrected chi connectivity index (χ1v) is 5.73. The van der Waals surface area contributed by atoms with Crippen LogP contribution >= 0.6 is 34.8 Å². The molecule has 0 fully saturated rings. The van der Waals surface area contributed by atoms with Crippen molar-refractivity contribution in [1.29, 1.82) is 0 Å². The number of hydrogen-bond donors (Lipinski definition) is 0. The molecule has 0 aromatic heterocycles. The van der Waals surface area contributed by atoms with Crippen LogP contribution in [0.4, 0.5) is 0 Å². The van der Waals surface area contributed by atoms with E-state index in [1.165, 1.54) is 5.56 Å². The first kappa shape index (κ1) is 10.6. The van der Waals surface area contributed by atoms with Crippen molar-refractivity contribution in [3.63, 3.8) is 0 Å². The molecular formula is C11H11Cl3. The lowest BCUT2D eigenvalue weighted by Crippen LogP contribution is -2.12. The molecule has 1 atom stereocenters. The van der Waals surface area contributed by atoms with Crippen molar-refractivity contribution in [3.8, 4) is 0 Å². The summed E-state index contributed by atoms with van der Waals surface area (Å²) < 4.78 is 0. The number of fused-ring (bicyclic) bond motifs is 1. The van der Waals surface area contributed by atoms with Gasteiger partial charge in [0.15, 0.2) is 0 Å². The van der Waals surface area contributed by atoms with Gasteiger partial charge >= 0.3 is 0 Å². The molecule has 76 valence electrons. The molecule has 0 amide bonds. The van der Waals surface area contributed by atoms with Crippen LogP contribution in [-0.4, -0.2) is 0 Å². The van der Waals surface area contributed by atoms with Gasteiger partial charge in [0.25, 0.3) is 0 Å². The van der Waals surface area contributed by atoms with Gasteiger partial charge in [-0.1, -0.05) is 37.0 Å². The summed E-state index contributed by atoms with van der Waals surface area (Å²) in [6.07, 6.45) is 0.941. The van der Waals surface area contributed by atoms with Crippen LogP contribution in [0.5, 0.6) is 0 Å². The summed E-state index contributed by atoms with van der Waals surface area (Å²) in [5.74, 6) is 0. The molecular weight excluding hydrogens is 238 g/mol. The predicted octanol–water partition coefficient (Wildman–Crippen LogP) is 4.86. The minimum absolute atomic E-state index is 0.0118. The lowest BCUT2D eigenvalue weighted by molar-refractivity contribution is 0.379. The van der Waals surface area contributed by atoms with Crippen molar-refractivity contribution >= 4 is 34.8 Å². The molecule has 1 aromatic rings. The molecule has 0 aliphatic heterocycles. The second kappa shape index (κ2) is 3.30. The number of rotatable bonds is 0. The van der Waals surface area contributed by atoms with Gasteiger partial charge in [-0.3, -0.25) is 0 Å². The van der Waals surface area contributed by atoms with Crippen LogP contribution < -0.4 is 0 Å². The zero-order valence-corrected chi connectivity index (χ0v) is 10.3. The predicted molar refractivity (Wildman–Crippen MR) is 62.5 cm³/mol. The van der Waals surface area contributed by atoms with E-state index in [9.17, 15) is 0 Å². The molecule has 0 spiro atoms. The second-order valence-electron chi connectivity index (χ2n) is 4.49. The Morgan fingerprint density at radius 2 is 1.93 bits per heavy atom. The Kier molecular flexibility index (Phi) is 2.50. The highest BCUT2D eigenvalue weighted by molar-refractivity contribution is 6.36. The van der Waals surface area contributed by atoms with Crippen molar-refractivity contribution in [3.05, 3.63) is 33.3 Å². The fourth-order valence-electron chi connectivity index (χ4n) is 2.04. The van der Waals surface area contributed by atoms with Crippen LogP contribution in [0.1, 0.15) is 30.4 Å². The summed E-state index contributed by atoms with van der Waals surface area (Å²) in [4.78, 5) is 0. The van der Waals surface area contributed by atoms with E-state index in [-0.39, 0.29) is 10.8 Å². The average Bonchev–Trinajstić information content (AvgIpc) is 2.21. The van der Waals surface area contributed by atoms with Crippen molar-refractivity contribution in [2.24, 2.45) is 5.41 Å². The lowest BCUT2D eigenvalue weighted by atomic mass is 9.90. The smallest absolute Gasteiger partial charge is 0.0656 e. The molecule has 2 rings (SSSR count). The average molecular weight is 250 g/mol. The first-order valence-electron chi connectivity index (χ1n) is 4.54. The van der Waals surface area contributed by atoms with E-state index in [1.807, 2.05) is 6.07 Å². The van der Waals surface area contributed by atoms with Crippen molar-refractivity contribution in [1.82, 2.24) is 0 Å². The third kappa shape index (κ3) is 1.54. The Bertz CT molecular complexity index is 382. The molecule has 1 aliphatic carbocycles. The molecule has 1 unspecified atom stereocenters. The molecule has 1 aliphatic rings.